The molecule has 0 aliphatic rings. The third-order valence-corrected chi connectivity index (χ3v) is 7.96. The minimum absolute atomic E-state index is 0.414. The normalized spacial score (nSPS) is 12.2. The zero-order chi connectivity index (χ0) is 14.5. The second-order valence-corrected chi connectivity index (χ2v) is 16.8. The molecule has 3 aromatic rings. The van der Waals surface area contributed by atoms with Gasteiger partial charge in [0.2, 0.25) is 0 Å². The average molecular weight is 329 g/mol. The summed E-state index contributed by atoms with van der Waals surface area (Å²) < 4.78 is 7.27. The van der Waals surface area contributed by atoms with Crippen molar-refractivity contribution in [2.24, 2.45) is 0 Å². The van der Waals surface area contributed by atoms with Crippen LogP contribution in [0.2, 0.25) is 17.3 Å². The third-order valence-electron chi connectivity index (χ3n) is 3.67. The molecule has 0 aliphatic carbocycles. The van der Waals surface area contributed by atoms with Gasteiger partial charge in [-0.25, -0.2) is 0 Å². The van der Waals surface area contributed by atoms with Crippen molar-refractivity contribution in [2.75, 3.05) is 0 Å². The maximum atomic E-state index is 9.44. The van der Waals surface area contributed by atoms with Crippen LogP contribution in [0.5, 0.6) is 0 Å². The monoisotopic (exact) mass is 330 g/mol. The summed E-state index contributed by atoms with van der Waals surface area (Å²) in [5.74, 6) is 7.02. The van der Waals surface area contributed by atoms with Crippen molar-refractivity contribution in [3.63, 3.8) is 0 Å². The molecule has 0 spiro atoms. The molecule has 0 saturated carbocycles. The van der Waals surface area contributed by atoms with E-state index in [1.807, 2.05) is 12.1 Å². The Hall–Kier alpha value is -1.23. The summed E-state index contributed by atoms with van der Waals surface area (Å²) in [6.07, 6.45) is 0. The molecule has 0 atom stereocenters. The molecule has 20 heavy (non-hydrogen) atoms. The predicted octanol–water partition coefficient (Wildman–Crippen LogP) is 1.81. The molecule has 0 fully saturated rings. The molecule has 0 saturated heterocycles. The zero-order valence-corrected chi connectivity index (χ0v) is 13.9. The van der Waals surface area contributed by atoms with Crippen LogP contribution in [0.25, 0.3) is 21.9 Å². The quantitative estimate of drug-likeness (QED) is 0.706. The van der Waals surface area contributed by atoms with Gasteiger partial charge in [-0.05, 0) is 0 Å². The average Bonchev–Trinajstić information content (AvgIpc) is 2.74. The Morgan fingerprint density at radius 2 is 1.75 bits per heavy atom. The molecule has 1 heterocycles. The van der Waals surface area contributed by atoms with Gasteiger partial charge in [0, 0.05) is 0 Å². The first-order chi connectivity index (χ1) is 9.38. The molecule has 102 valence electrons. The topological polar surface area (TPSA) is 53.6 Å². The van der Waals surface area contributed by atoms with Crippen LogP contribution in [0.4, 0.5) is 0 Å². The molecular formula is C15H17BGeO3. The fourth-order valence-corrected chi connectivity index (χ4v) is 4.90. The molecule has 0 amide bonds. The van der Waals surface area contributed by atoms with Gasteiger partial charge in [-0.15, -0.1) is 0 Å². The van der Waals surface area contributed by atoms with Crippen LogP contribution in [-0.2, 0) is 0 Å². The molecule has 1 aromatic heterocycles. The van der Waals surface area contributed by atoms with E-state index in [0.29, 0.717) is 11.0 Å². The van der Waals surface area contributed by atoms with Crippen molar-refractivity contribution in [1.29, 1.82) is 0 Å². The molecule has 0 unspecified atom stereocenters. The summed E-state index contributed by atoms with van der Waals surface area (Å²) in [5.41, 5.74) is 1.81. The van der Waals surface area contributed by atoms with Gasteiger partial charge in [0.15, 0.2) is 0 Å². The summed E-state index contributed by atoms with van der Waals surface area (Å²) in [5, 5.41) is 20.8. The molecule has 3 rings (SSSR count). The first-order valence-corrected chi connectivity index (χ1v) is 14.0. The van der Waals surface area contributed by atoms with Gasteiger partial charge in [-0.1, -0.05) is 0 Å². The first-order valence-electron chi connectivity index (χ1n) is 6.70. The Kier molecular flexibility index (Phi) is 3.20. The molecule has 2 aromatic carbocycles. The van der Waals surface area contributed by atoms with Crippen molar-refractivity contribution < 1.29 is 14.5 Å². The van der Waals surface area contributed by atoms with Gasteiger partial charge in [0.25, 0.3) is 0 Å². The van der Waals surface area contributed by atoms with E-state index in [-0.39, 0.29) is 0 Å². The Balaban J connectivity index is 2.33. The Morgan fingerprint density at radius 3 is 2.40 bits per heavy atom. The van der Waals surface area contributed by atoms with Gasteiger partial charge >= 0.3 is 120 Å². The van der Waals surface area contributed by atoms with Crippen LogP contribution in [-0.4, -0.2) is 30.4 Å². The number of benzene rings is 2. The molecule has 5 heteroatoms. The Bertz CT molecular complexity index is 787. The fourth-order valence-electron chi connectivity index (χ4n) is 2.49. The van der Waals surface area contributed by atoms with E-state index in [1.165, 1.54) is 4.40 Å². The second-order valence-electron chi connectivity index (χ2n) is 6.16. The Morgan fingerprint density at radius 1 is 1.00 bits per heavy atom. The second kappa shape index (κ2) is 4.65. The van der Waals surface area contributed by atoms with Crippen molar-refractivity contribution in [1.82, 2.24) is 0 Å². The van der Waals surface area contributed by atoms with Crippen LogP contribution in [0.1, 0.15) is 0 Å². The van der Waals surface area contributed by atoms with Gasteiger partial charge in [0.1, 0.15) is 0 Å². The van der Waals surface area contributed by atoms with E-state index in [9.17, 15) is 10.0 Å². The molecule has 0 bridgehead atoms. The molecular weight excluding hydrogens is 312 g/mol. The van der Waals surface area contributed by atoms with Gasteiger partial charge < -0.3 is 0 Å². The Labute approximate surface area is 120 Å². The van der Waals surface area contributed by atoms with Gasteiger partial charge in [-0.2, -0.15) is 0 Å². The maximum absolute atomic E-state index is 9.44. The predicted molar refractivity (Wildman–Crippen MR) is 86.5 cm³/mol. The van der Waals surface area contributed by atoms with Crippen LogP contribution >= 0.6 is 0 Å². The minimum atomic E-state index is -1.90. The number of furan rings is 1. The summed E-state index contributed by atoms with van der Waals surface area (Å²) in [6, 6.07) is 11.8. The van der Waals surface area contributed by atoms with Crippen molar-refractivity contribution in [2.45, 2.75) is 17.3 Å². The molecule has 2 N–H and O–H groups in total. The summed E-state index contributed by atoms with van der Waals surface area (Å²) in [7, 11) is -1.51. The van der Waals surface area contributed by atoms with Gasteiger partial charge in [0.05, 0.1) is 0 Å². The summed E-state index contributed by atoms with van der Waals surface area (Å²) >= 11 is -1.90. The van der Waals surface area contributed by atoms with E-state index in [2.05, 4.69) is 35.5 Å². The first kappa shape index (κ1) is 13.7. The number of hydrogen-bond donors (Lipinski definition) is 2. The summed E-state index contributed by atoms with van der Waals surface area (Å²) in [6.45, 7) is 0. The van der Waals surface area contributed by atoms with E-state index in [0.717, 1.165) is 16.4 Å². The SMILES string of the molecule is [CH3][Ge]([CH3])([CH3])[c]1ccc2c(c1)oc1c(B(O)O)cccc12. The zero-order valence-electron chi connectivity index (χ0n) is 11.8. The van der Waals surface area contributed by atoms with Gasteiger partial charge in [-0.3, -0.25) is 0 Å². The third kappa shape index (κ3) is 2.18. The van der Waals surface area contributed by atoms with Crippen molar-refractivity contribution >= 4 is 52.2 Å². The van der Waals surface area contributed by atoms with Crippen LogP contribution in [0.15, 0.2) is 40.8 Å². The van der Waals surface area contributed by atoms with E-state index >= 15 is 0 Å². The number of hydrogen-bond acceptors (Lipinski definition) is 3. The van der Waals surface area contributed by atoms with E-state index in [4.69, 9.17) is 4.42 Å². The summed E-state index contributed by atoms with van der Waals surface area (Å²) in [4.78, 5) is 0. The standard InChI is InChI=1S/C15H17BGeO3/c1-17(2,3)10-7-8-11-12-5-4-6-13(16(18)19)15(12)20-14(11)9-10/h4-9,18-19H,1-3H3. The number of para-hydroxylation sites is 1. The van der Waals surface area contributed by atoms with Crippen LogP contribution < -0.4 is 9.86 Å². The van der Waals surface area contributed by atoms with Crippen LogP contribution in [0, 0.1) is 0 Å². The number of fused-ring (bicyclic) bond motifs is 3. The molecule has 3 nitrogen and oxygen atoms in total. The van der Waals surface area contributed by atoms with Crippen molar-refractivity contribution in [3.8, 4) is 0 Å². The molecule has 0 radical (unpaired) electrons. The fraction of sp³-hybridized carbons (Fsp3) is 0.200. The van der Waals surface area contributed by atoms with E-state index in [1.54, 1.807) is 6.07 Å². The molecule has 0 aliphatic heterocycles. The van der Waals surface area contributed by atoms with Crippen molar-refractivity contribution in [3.05, 3.63) is 36.4 Å². The number of rotatable bonds is 2. The van der Waals surface area contributed by atoms with E-state index < -0.39 is 20.4 Å². The van der Waals surface area contributed by atoms with Crippen LogP contribution in [0.3, 0.4) is 0 Å².